The third kappa shape index (κ3) is 4.16. The molecule has 0 amide bonds. The predicted molar refractivity (Wildman–Crippen MR) is 166 cm³/mol. The summed E-state index contributed by atoms with van der Waals surface area (Å²) in [5.41, 5.74) is 1.51. The number of rotatable bonds is 5. The van der Waals surface area contributed by atoms with Crippen LogP contribution < -0.4 is 0 Å². The Morgan fingerprint density at radius 3 is 2.45 bits per heavy atom. The van der Waals surface area contributed by atoms with Gasteiger partial charge in [-0.25, -0.2) is 0 Å². The number of carbonyl (C=O) groups is 1. The maximum Gasteiger partial charge on any atom is 0.303 e. The van der Waals surface area contributed by atoms with Crippen molar-refractivity contribution in [3.8, 4) is 0 Å². The van der Waals surface area contributed by atoms with E-state index in [4.69, 9.17) is 18.9 Å². The molecule has 7 rings (SSSR count). The summed E-state index contributed by atoms with van der Waals surface area (Å²) in [6.45, 7) is 17.9. The molecule has 0 radical (unpaired) electrons. The van der Waals surface area contributed by atoms with Crippen molar-refractivity contribution in [2.24, 2.45) is 51.2 Å². The van der Waals surface area contributed by atoms with Crippen LogP contribution in [0.4, 0.5) is 0 Å². The lowest BCUT2D eigenvalue weighted by Gasteiger charge is -2.59. The number of ether oxygens (including phenoxy) is 4. The zero-order chi connectivity index (χ0) is 31.6. The lowest BCUT2D eigenvalue weighted by Crippen LogP contribution is -2.55. The lowest BCUT2D eigenvalue weighted by atomic mass is 9.46. The van der Waals surface area contributed by atoms with Crippen molar-refractivity contribution in [1.82, 2.24) is 0 Å². The summed E-state index contributed by atoms with van der Waals surface area (Å²) in [7, 11) is 0. The molecule has 0 aromatic carbocycles. The fraction of sp³-hybridized carbons (Fsp3) is 0.919. The van der Waals surface area contributed by atoms with Crippen LogP contribution in [-0.4, -0.2) is 59.1 Å². The lowest BCUT2D eigenvalue weighted by molar-refractivity contribution is -0.248. The molecule has 0 bridgehead atoms. The van der Waals surface area contributed by atoms with E-state index in [1.807, 2.05) is 0 Å². The molecule has 7 heteroatoms. The fourth-order valence-electron chi connectivity index (χ4n) is 13.3. The number of fused-ring (bicyclic) bond motifs is 3. The van der Waals surface area contributed by atoms with Crippen molar-refractivity contribution in [2.75, 3.05) is 6.61 Å². The Balaban J connectivity index is 1.11. The highest BCUT2D eigenvalue weighted by Crippen LogP contribution is 2.89. The molecule has 5 fully saturated rings. The summed E-state index contributed by atoms with van der Waals surface area (Å²) in [6, 6.07) is 0. The van der Waals surface area contributed by atoms with Gasteiger partial charge in [0.25, 0.3) is 0 Å². The summed E-state index contributed by atoms with van der Waals surface area (Å²) in [6.07, 6.45) is 8.69. The first kappa shape index (κ1) is 31.4. The minimum Gasteiger partial charge on any atom is -0.492 e. The van der Waals surface area contributed by atoms with Crippen molar-refractivity contribution >= 4 is 5.97 Å². The second-order valence-electron chi connectivity index (χ2n) is 17.5. The van der Waals surface area contributed by atoms with E-state index >= 15 is 0 Å². The standard InChI is InChI=1S/C37H58O7/c1-20-17-27(32(40)34(6,7)44-22(3)38)42-26-19-25-24-9-10-28-33(4,5)29(43-30-18-23(39)12-16-41-30)11-13-37(28)21(2)36(24,37)15-14-35(25,8)31(20)26/h20-21,23-25,27-30,32,39-40H,9-19H2,1-8H3/t20-,21+,23+,24-,25?,27?,28?,29+,30?,32+,35+,36+,37-/m1/s1. The van der Waals surface area contributed by atoms with Crippen LogP contribution >= 0.6 is 0 Å². The zero-order valence-electron chi connectivity index (χ0n) is 28.5. The second-order valence-corrected chi connectivity index (χ2v) is 17.5. The van der Waals surface area contributed by atoms with Gasteiger partial charge in [-0.2, -0.15) is 0 Å². The van der Waals surface area contributed by atoms with Crippen molar-refractivity contribution in [1.29, 1.82) is 0 Å². The normalized spacial score (nSPS) is 49.8. The Morgan fingerprint density at radius 2 is 1.75 bits per heavy atom. The summed E-state index contributed by atoms with van der Waals surface area (Å²) >= 11 is 0. The topological polar surface area (TPSA) is 94.5 Å². The number of hydrogen-bond acceptors (Lipinski definition) is 7. The predicted octanol–water partition coefficient (Wildman–Crippen LogP) is 6.54. The molecule has 4 unspecified atom stereocenters. The number of hydrogen-bond donors (Lipinski definition) is 2. The fourth-order valence-corrected chi connectivity index (χ4v) is 13.3. The monoisotopic (exact) mass is 614 g/mol. The average molecular weight is 615 g/mol. The first-order valence-corrected chi connectivity index (χ1v) is 17.8. The Kier molecular flexibility index (Phi) is 7.27. The Bertz CT molecular complexity index is 1210. The van der Waals surface area contributed by atoms with Crippen molar-refractivity contribution in [2.45, 2.75) is 156 Å². The molecule has 13 atom stereocenters. The molecular weight excluding hydrogens is 556 g/mol. The molecule has 0 aromatic heterocycles. The number of aliphatic hydroxyl groups excluding tert-OH is 2. The van der Waals surface area contributed by atoms with Gasteiger partial charge in [0.1, 0.15) is 17.8 Å². The van der Waals surface area contributed by atoms with Crippen LogP contribution in [0.5, 0.6) is 0 Å². The minimum absolute atomic E-state index is 0.0659. The van der Waals surface area contributed by atoms with Gasteiger partial charge in [0.15, 0.2) is 6.29 Å². The highest BCUT2D eigenvalue weighted by Gasteiger charge is 2.84. The van der Waals surface area contributed by atoms with Crippen LogP contribution in [0, 0.1) is 51.2 Å². The number of allylic oxidation sites excluding steroid dienone is 2. The quantitative estimate of drug-likeness (QED) is 0.268. The Morgan fingerprint density at radius 1 is 1.00 bits per heavy atom. The first-order chi connectivity index (χ1) is 20.6. The summed E-state index contributed by atoms with van der Waals surface area (Å²) in [5.74, 6) is 3.73. The maximum absolute atomic E-state index is 11.8. The van der Waals surface area contributed by atoms with Gasteiger partial charge in [-0.3, -0.25) is 4.79 Å². The van der Waals surface area contributed by atoms with Crippen molar-refractivity contribution in [3.63, 3.8) is 0 Å². The molecule has 2 N–H and O–H groups in total. The van der Waals surface area contributed by atoms with E-state index < -0.39 is 11.7 Å². The average Bonchev–Trinajstić information content (AvgIpc) is 3.30. The van der Waals surface area contributed by atoms with Gasteiger partial charge in [-0.15, -0.1) is 0 Å². The first-order valence-electron chi connectivity index (χ1n) is 17.8. The smallest absolute Gasteiger partial charge is 0.303 e. The highest BCUT2D eigenvalue weighted by molar-refractivity contribution is 5.66. The largest absolute Gasteiger partial charge is 0.492 e. The number of carbonyl (C=O) groups excluding carboxylic acids is 1. The zero-order valence-corrected chi connectivity index (χ0v) is 28.5. The highest BCUT2D eigenvalue weighted by atomic mass is 16.7. The Labute approximate surface area is 264 Å². The van der Waals surface area contributed by atoms with Gasteiger partial charge in [-0.1, -0.05) is 34.6 Å². The van der Waals surface area contributed by atoms with E-state index in [2.05, 4.69) is 34.6 Å². The third-order valence-electron chi connectivity index (χ3n) is 15.0. The van der Waals surface area contributed by atoms with E-state index in [0.717, 1.165) is 30.9 Å². The minimum atomic E-state index is -1.000. The molecule has 1 saturated heterocycles. The molecule has 2 aliphatic heterocycles. The number of aliphatic hydroxyl groups is 2. The molecule has 4 saturated carbocycles. The van der Waals surface area contributed by atoms with Gasteiger partial charge in [0.05, 0.1) is 24.6 Å². The van der Waals surface area contributed by atoms with Gasteiger partial charge in [-0.05, 0) is 122 Å². The molecule has 248 valence electrons. The summed E-state index contributed by atoms with van der Waals surface area (Å²) < 4.78 is 24.9. The van der Waals surface area contributed by atoms with Gasteiger partial charge < -0.3 is 29.2 Å². The maximum atomic E-state index is 11.8. The van der Waals surface area contributed by atoms with Crippen LogP contribution in [0.15, 0.2) is 11.3 Å². The van der Waals surface area contributed by atoms with E-state index in [1.54, 1.807) is 13.8 Å². The molecule has 44 heavy (non-hydrogen) atoms. The molecule has 2 heterocycles. The molecule has 7 nitrogen and oxygen atoms in total. The molecule has 7 aliphatic rings. The van der Waals surface area contributed by atoms with Gasteiger partial charge >= 0.3 is 5.97 Å². The van der Waals surface area contributed by atoms with Crippen LogP contribution in [0.1, 0.15) is 120 Å². The van der Waals surface area contributed by atoms with E-state index in [-0.39, 0.29) is 41.4 Å². The summed E-state index contributed by atoms with van der Waals surface area (Å²) in [5, 5.41) is 21.6. The van der Waals surface area contributed by atoms with E-state index in [0.29, 0.717) is 54.0 Å². The van der Waals surface area contributed by atoms with Crippen LogP contribution in [0.25, 0.3) is 0 Å². The summed E-state index contributed by atoms with van der Waals surface area (Å²) in [4.78, 5) is 11.8. The molecule has 2 spiro atoms. The van der Waals surface area contributed by atoms with Crippen LogP contribution in [-0.2, 0) is 23.7 Å². The Hall–Kier alpha value is -1.15. The van der Waals surface area contributed by atoms with Gasteiger partial charge in [0, 0.05) is 19.8 Å². The molecule has 5 aliphatic carbocycles. The van der Waals surface area contributed by atoms with E-state index in [9.17, 15) is 15.0 Å². The molecule has 0 aromatic rings. The van der Waals surface area contributed by atoms with E-state index in [1.165, 1.54) is 44.6 Å². The SMILES string of the molecule is CC(=O)OC(C)(C)[C@@H](O)C1C[C@@H](C)C2=C(CC3[C@H]4CCC5C(C)(C)[C@@H](OC6C[C@@H](O)CCO6)CC[C@@]56[C@@H](C)[C@@]46CC[C@]23C)O1. The number of esters is 1. The van der Waals surface area contributed by atoms with Crippen molar-refractivity contribution < 1.29 is 34.0 Å². The molecular formula is C37H58O7. The third-order valence-corrected chi connectivity index (χ3v) is 15.0. The van der Waals surface area contributed by atoms with Crippen LogP contribution in [0.3, 0.4) is 0 Å². The van der Waals surface area contributed by atoms with Gasteiger partial charge in [0.2, 0.25) is 0 Å². The second kappa shape index (κ2) is 10.2. The van der Waals surface area contributed by atoms with Crippen molar-refractivity contribution in [3.05, 3.63) is 11.3 Å². The van der Waals surface area contributed by atoms with Crippen LogP contribution in [0.2, 0.25) is 0 Å².